The SMILES string of the molecule is C=CC(=O)N1CC(CC)(C(F)F)C1. The van der Waals surface area contributed by atoms with Gasteiger partial charge in [-0.05, 0) is 12.5 Å². The molecule has 13 heavy (non-hydrogen) atoms. The maximum atomic E-state index is 12.5. The highest BCUT2D eigenvalue weighted by Crippen LogP contribution is 2.39. The fraction of sp³-hybridized carbons (Fsp3) is 0.667. The minimum Gasteiger partial charge on any atom is -0.337 e. The highest BCUT2D eigenvalue weighted by Gasteiger charge is 2.49. The molecule has 2 nitrogen and oxygen atoms in total. The van der Waals surface area contributed by atoms with Crippen LogP contribution < -0.4 is 0 Å². The largest absolute Gasteiger partial charge is 0.337 e. The highest BCUT2D eigenvalue weighted by atomic mass is 19.3. The van der Waals surface area contributed by atoms with Crippen LogP contribution in [0.2, 0.25) is 0 Å². The molecule has 0 bridgehead atoms. The summed E-state index contributed by atoms with van der Waals surface area (Å²) in [6.07, 6.45) is -0.775. The van der Waals surface area contributed by atoms with Crippen molar-refractivity contribution in [3.63, 3.8) is 0 Å². The molecule has 0 spiro atoms. The van der Waals surface area contributed by atoms with Crippen molar-refractivity contribution in [3.8, 4) is 0 Å². The highest BCUT2D eigenvalue weighted by molar-refractivity contribution is 5.87. The number of carbonyl (C=O) groups is 1. The van der Waals surface area contributed by atoms with Crippen LogP contribution in [-0.2, 0) is 4.79 Å². The maximum absolute atomic E-state index is 12.5. The van der Waals surface area contributed by atoms with E-state index in [0.29, 0.717) is 6.42 Å². The van der Waals surface area contributed by atoms with Crippen LogP contribution in [0, 0.1) is 5.41 Å². The van der Waals surface area contributed by atoms with Crippen LogP contribution in [0.5, 0.6) is 0 Å². The Morgan fingerprint density at radius 2 is 2.23 bits per heavy atom. The lowest BCUT2D eigenvalue weighted by Crippen LogP contribution is -2.61. The Balaban J connectivity index is 2.54. The lowest BCUT2D eigenvalue weighted by atomic mass is 9.77. The number of hydrogen-bond acceptors (Lipinski definition) is 1. The van der Waals surface area contributed by atoms with Crippen LogP contribution in [0.25, 0.3) is 0 Å². The summed E-state index contributed by atoms with van der Waals surface area (Å²) in [5.41, 5.74) is -0.960. The third-order valence-corrected chi connectivity index (χ3v) is 2.66. The van der Waals surface area contributed by atoms with Gasteiger partial charge in [-0.1, -0.05) is 13.5 Å². The first kappa shape index (κ1) is 10.2. The van der Waals surface area contributed by atoms with Gasteiger partial charge >= 0.3 is 0 Å². The van der Waals surface area contributed by atoms with Gasteiger partial charge in [0.1, 0.15) is 0 Å². The molecule has 0 atom stereocenters. The van der Waals surface area contributed by atoms with Crippen molar-refractivity contribution in [2.75, 3.05) is 13.1 Å². The molecule has 0 saturated carbocycles. The smallest absolute Gasteiger partial charge is 0.247 e. The molecule has 0 radical (unpaired) electrons. The average Bonchev–Trinajstić information content (AvgIpc) is 2.02. The molecule has 1 aliphatic rings. The Kier molecular flexibility index (Phi) is 2.68. The molecule has 0 aromatic heterocycles. The topological polar surface area (TPSA) is 20.3 Å². The molecule has 0 unspecified atom stereocenters. The van der Waals surface area contributed by atoms with Crippen LogP contribution in [-0.4, -0.2) is 30.3 Å². The summed E-state index contributed by atoms with van der Waals surface area (Å²) in [6.45, 7) is 5.34. The summed E-state index contributed by atoms with van der Waals surface area (Å²) in [6, 6.07) is 0. The van der Waals surface area contributed by atoms with Gasteiger partial charge in [0.25, 0.3) is 0 Å². The normalized spacial score (nSPS) is 19.8. The fourth-order valence-electron chi connectivity index (χ4n) is 1.51. The van der Waals surface area contributed by atoms with Gasteiger partial charge in [-0.15, -0.1) is 0 Å². The van der Waals surface area contributed by atoms with Crippen molar-refractivity contribution in [2.45, 2.75) is 19.8 Å². The standard InChI is InChI=1S/C9H13F2NO/c1-3-7(13)12-5-9(4-2,6-12)8(10)11/h3,8H,1,4-6H2,2H3. The Bertz CT molecular complexity index is 222. The van der Waals surface area contributed by atoms with E-state index < -0.39 is 11.8 Å². The van der Waals surface area contributed by atoms with Gasteiger partial charge in [-0.2, -0.15) is 0 Å². The zero-order valence-corrected chi connectivity index (χ0v) is 7.59. The molecule has 1 heterocycles. The molecule has 0 aliphatic carbocycles. The number of amides is 1. The van der Waals surface area contributed by atoms with E-state index in [2.05, 4.69) is 6.58 Å². The number of nitrogens with zero attached hydrogens (tertiary/aromatic N) is 1. The maximum Gasteiger partial charge on any atom is 0.247 e. The zero-order valence-electron chi connectivity index (χ0n) is 7.59. The van der Waals surface area contributed by atoms with Crippen LogP contribution >= 0.6 is 0 Å². The molecule has 0 N–H and O–H groups in total. The zero-order chi connectivity index (χ0) is 10.1. The molecule has 1 rings (SSSR count). The molecule has 0 aromatic rings. The first-order chi connectivity index (χ1) is 6.05. The quantitative estimate of drug-likeness (QED) is 0.618. The van der Waals surface area contributed by atoms with Crippen LogP contribution in [0.1, 0.15) is 13.3 Å². The van der Waals surface area contributed by atoms with E-state index in [1.54, 1.807) is 6.92 Å². The molecule has 1 aliphatic heterocycles. The summed E-state index contributed by atoms with van der Waals surface area (Å²) in [7, 11) is 0. The summed E-state index contributed by atoms with van der Waals surface area (Å²) < 4.78 is 25.0. The molecule has 1 saturated heterocycles. The third kappa shape index (κ3) is 1.57. The van der Waals surface area contributed by atoms with Crippen molar-refractivity contribution >= 4 is 5.91 Å². The Hall–Kier alpha value is -0.930. The predicted octanol–water partition coefficient (Wildman–Crippen LogP) is 1.68. The molecule has 1 fully saturated rings. The average molecular weight is 189 g/mol. The Labute approximate surface area is 76.2 Å². The molecule has 74 valence electrons. The van der Waals surface area contributed by atoms with E-state index >= 15 is 0 Å². The van der Waals surface area contributed by atoms with Gasteiger partial charge in [0, 0.05) is 13.1 Å². The van der Waals surface area contributed by atoms with Gasteiger partial charge in [0.2, 0.25) is 12.3 Å². The summed E-state index contributed by atoms with van der Waals surface area (Å²) in [5.74, 6) is -0.260. The van der Waals surface area contributed by atoms with Gasteiger partial charge in [0.05, 0.1) is 5.41 Å². The van der Waals surface area contributed by atoms with E-state index in [-0.39, 0.29) is 19.0 Å². The number of carbonyl (C=O) groups excluding carboxylic acids is 1. The van der Waals surface area contributed by atoms with Gasteiger partial charge in [-0.3, -0.25) is 4.79 Å². The Morgan fingerprint density at radius 1 is 1.69 bits per heavy atom. The minimum absolute atomic E-state index is 0.159. The van der Waals surface area contributed by atoms with Crippen molar-refractivity contribution < 1.29 is 13.6 Å². The fourth-order valence-corrected chi connectivity index (χ4v) is 1.51. The van der Waals surface area contributed by atoms with E-state index in [4.69, 9.17) is 0 Å². The lowest BCUT2D eigenvalue weighted by Gasteiger charge is -2.48. The van der Waals surface area contributed by atoms with Crippen LogP contribution in [0.15, 0.2) is 12.7 Å². The summed E-state index contributed by atoms with van der Waals surface area (Å²) in [5, 5.41) is 0. The van der Waals surface area contributed by atoms with Gasteiger partial charge in [-0.25, -0.2) is 8.78 Å². The first-order valence-electron chi connectivity index (χ1n) is 4.25. The number of likely N-dealkylation sites (tertiary alicyclic amines) is 1. The Morgan fingerprint density at radius 3 is 2.54 bits per heavy atom. The second-order valence-corrected chi connectivity index (χ2v) is 3.42. The number of alkyl halides is 2. The van der Waals surface area contributed by atoms with E-state index in [9.17, 15) is 13.6 Å². The monoisotopic (exact) mass is 189 g/mol. The minimum atomic E-state index is -2.34. The van der Waals surface area contributed by atoms with Crippen molar-refractivity contribution in [1.82, 2.24) is 4.90 Å². The number of halogens is 2. The second kappa shape index (κ2) is 3.44. The number of hydrogen-bond donors (Lipinski definition) is 0. The van der Waals surface area contributed by atoms with Crippen LogP contribution in [0.3, 0.4) is 0 Å². The molecular formula is C9H13F2NO. The van der Waals surface area contributed by atoms with E-state index in [0.717, 1.165) is 6.08 Å². The van der Waals surface area contributed by atoms with E-state index in [1.165, 1.54) is 4.90 Å². The van der Waals surface area contributed by atoms with E-state index in [1.807, 2.05) is 0 Å². The second-order valence-electron chi connectivity index (χ2n) is 3.42. The van der Waals surface area contributed by atoms with Crippen molar-refractivity contribution in [3.05, 3.63) is 12.7 Å². The van der Waals surface area contributed by atoms with Gasteiger partial charge in [0.15, 0.2) is 0 Å². The third-order valence-electron chi connectivity index (χ3n) is 2.66. The molecule has 1 amide bonds. The number of rotatable bonds is 3. The van der Waals surface area contributed by atoms with Crippen LogP contribution in [0.4, 0.5) is 8.78 Å². The predicted molar refractivity (Wildman–Crippen MR) is 45.5 cm³/mol. The molecular weight excluding hydrogens is 176 g/mol. The summed E-state index contributed by atoms with van der Waals surface area (Å²) in [4.78, 5) is 12.4. The molecule has 0 aromatic carbocycles. The van der Waals surface area contributed by atoms with Crippen molar-refractivity contribution in [2.24, 2.45) is 5.41 Å². The molecule has 4 heteroatoms. The van der Waals surface area contributed by atoms with Crippen molar-refractivity contribution in [1.29, 1.82) is 0 Å². The first-order valence-corrected chi connectivity index (χ1v) is 4.25. The summed E-state index contributed by atoms with van der Waals surface area (Å²) >= 11 is 0. The van der Waals surface area contributed by atoms with Gasteiger partial charge < -0.3 is 4.90 Å². The lowest BCUT2D eigenvalue weighted by molar-refractivity contribution is -0.153.